The monoisotopic (exact) mass is 268 g/mol. The Morgan fingerprint density at radius 1 is 0.750 bits per heavy atom. The summed E-state index contributed by atoms with van der Waals surface area (Å²) in [7, 11) is 0. The van der Waals surface area contributed by atoms with E-state index in [2.05, 4.69) is 56.3 Å². The van der Waals surface area contributed by atoms with Crippen LogP contribution in [0.3, 0.4) is 0 Å². The predicted molar refractivity (Wildman–Crippen MR) is 90.4 cm³/mol. The molecule has 2 aromatic rings. The van der Waals surface area contributed by atoms with Crippen LogP contribution in [0, 0.1) is 0 Å². The van der Waals surface area contributed by atoms with Crippen molar-refractivity contribution in [3.8, 4) is 0 Å². The van der Waals surface area contributed by atoms with Gasteiger partial charge in [0.15, 0.2) is 0 Å². The maximum atomic E-state index is 2.42. The molecule has 108 valence electrons. The van der Waals surface area contributed by atoms with Gasteiger partial charge in [0.05, 0.1) is 0 Å². The van der Waals surface area contributed by atoms with Crippen LogP contribution >= 0.6 is 0 Å². The number of rotatable bonds is 8. The highest BCUT2D eigenvalue weighted by Crippen LogP contribution is 2.30. The molecule has 0 amide bonds. The molecule has 2 aromatic carbocycles. The summed E-state index contributed by atoms with van der Waals surface area (Å²) >= 11 is 0. The molecule has 0 bridgehead atoms. The van der Waals surface area contributed by atoms with Crippen LogP contribution in [0.2, 0.25) is 0 Å². The van der Waals surface area contributed by atoms with Gasteiger partial charge in [-0.05, 0) is 35.1 Å². The zero-order chi connectivity index (χ0) is 14.2. The summed E-state index contributed by atoms with van der Waals surface area (Å²) in [6.07, 6.45) is 9.42. The lowest BCUT2D eigenvalue weighted by Crippen LogP contribution is -1.99. The van der Waals surface area contributed by atoms with Gasteiger partial charge in [0, 0.05) is 0 Å². The van der Waals surface area contributed by atoms with Gasteiger partial charge in [0.25, 0.3) is 0 Å². The minimum absolute atomic E-state index is 0.756. The average molecular weight is 268 g/mol. The number of hydrogen-bond acceptors (Lipinski definition) is 0. The van der Waals surface area contributed by atoms with Crippen LogP contribution in [0.1, 0.15) is 70.3 Å². The second kappa shape index (κ2) is 8.09. The topological polar surface area (TPSA) is 0 Å². The normalized spacial score (nSPS) is 12.7. The summed E-state index contributed by atoms with van der Waals surface area (Å²) in [5.74, 6) is 0.756. The molecule has 0 heterocycles. The molecule has 0 spiro atoms. The highest BCUT2D eigenvalue weighted by Gasteiger charge is 2.11. The van der Waals surface area contributed by atoms with Gasteiger partial charge in [-0.15, -0.1) is 0 Å². The molecular weight excluding hydrogens is 240 g/mol. The first-order chi connectivity index (χ1) is 9.85. The quantitative estimate of drug-likeness (QED) is 0.468. The molecule has 0 radical (unpaired) electrons. The Morgan fingerprint density at radius 3 is 2.20 bits per heavy atom. The van der Waals surface area contributed by atoms with Crippen LogP contribution in [0.15, 0.2) is 42.5 Å². The Morgan fingerprint density at radius 2 is 1.45 bits per heavy atom. The van der Waals surface area contributed by atoms with Crippen LogP contribution < -0.4 is 0 Å². The molecule has 0 aliphatic heterocycles. The van der Waals surface area contributed by atoms with Gasteiger partial charge < -0.3 is 0 Å². The molecule has 0 aliphatic carbocycles. The van der Waals surface area contributed by atoms with E-state index in [1.807, 2.05) is 0 Å². The molecule has 1 unspecified atom stereocenters. The predicted octanol–water partition coefficient (Wildman–Crippen LogP) is 6.69. The zero-order valence-corrected chi connectivity index (χ0v) is 13.1. The molecule has 2 rings (SSSR count). The van der Waals surface area contributed by atoms with E-state index in [4.69, 9.17) is 0 Å². The summed E-state index contributed by atoms with van der Waals surface area (Å²) in [6.45, 7) is 4.58. The molecule has 0 fully saturated rings. The van der Waals surface area contributed by atoms with Gasteiger partial charge in [-0.1, -0.05) is 88.4 Å². The maximum Gasteiger partial charge on any atom is -0.0162 e. The Bertz CT molecular complexity index is 512. The summed E-state index contributed by atoms with van der Waals surface area (Å²) < 4.78 is 0. The van der Waals surface area contributed by atoms with E-state index in [1.165, 1.54) is 55.7 Å². The SMILES string of the molecule is CCCCCC(CCCC)c1ccc2ccccc2c1. The number of benzene rings is 2. The van der Waals surface area contributed by atoms with Crippen molar-refractivity contribution < 1.29 is 0 Å². The maximum absolute atomic E-state index is 2.42. The van der Waals surface area contributed by atoms with Gasteiger partial charge >= 0.3 is 0 Å². The van der Waals surface area contributed by atoms with E-state index in [0.29, 0.717) is 0 Å². The zero-order valence-electron chi connectivity index (χ0n) is 13.1. The third kappa shape index (κ3) is 4.10. The van der Waals surface area contributed by atoms with Gasteiger partial charge in [0.1, 0.15) is 0 Å². The highest BCUT2D eigenvalue weighted by molar-refractivity contribution is 5.83. The summed E-state index contributed by atoms with van der Waals surface area (Å²) in [5, 5.41) is 2.75. The lowest BCUT2D eigenvalue weighted by atomic mass is 9.87. The van der Waals surface area contributed by atoms with Crippen LogP contribution in [0.5, 0.6) is 0 Å². The van der Waals surface area contributed by atoms with E-state index in [9.17, 15) is 0 Å². The average Bonchev–Trinajstić information content (AvgIpc) is 2.50. The van der Waals surface area contributed by atoms with Crippen LogP contribution in [-0.2, 0) is 0 Å². The van der Waals surface area contributed by atoms with Crippen molar-refractivity contribution in [2.75, 3.05) is 0 Å². The van der Waals surface area contributed by atoms with E-state index >= 15 is 0 Å². The molecule has 0 aliphatic rings. The second-order valence-corrected chi connectivity index (χ2v) is 5.94. The molecule has 0 heteroatoms. The molecule has 1 atom stereocenters. The molecule has 20 heavy (non-hydrogen) atoms. The third-order valence-electron chi connectivity index (χ3n) is 4.31. The summed E-state index contributed by atoms with van der Waals surface area (Å²) in [5.41, 5.74) is 1.55. The molecule has 0 saturated heterocycles. The minimum Gasteiger partial charge on any atom is -0.0654 e. The Balaban J connectivity index is 2.15. The fourth-order valence-electron chi connectivity index (χ4n) is 3.03. The Kier molecular flexibility index (Phi) is 6.11. The van der Waals surface area contributed by atoms with Crippen LogP contribution in [-0.4, -0.2) is 0 Å². The van der Waals surface area contributed by atoms with Crippen molar-refractivity contribution in [2.24, 2.45) is 0 Å². The van der Waals surface area contributed by atoms with E-state index in [1.54, 1.807) is 5.56 Å². The van der Waals surface area contributed by atoms with Crippen LogP contribution in [0.4, 0.5) is 0 Å². The van der Waals surface area contributed by atoms with Gasteiger partial charge in [0.2, 0.25) is 0 Å². The number of hydrogen-bond donors (Lipinski definition) is 0. The van der Waals surface area contributed by atoms with Gasteiger partial charge in [-0.25, -0.2) is 0 Å². The van der Waals surface area contributed by atoms with Crippen molar-refractivity contribution in [3.63, 3.8) is 0 Å². The Hall–Kier alpha value is -1.30. The first-order valence-electron chi connectivity index (χ1n) is 8.33. The fraction of sp³-hybridized carbons (Fsp3) is 0.500. The summed E-state index contributed by atoms with van der Waals surface area (Å²) in [6, 6.07) is 15.8. The first kappa shape index (κ1) is 15.1. The minimum atomic E-state index is 0.756. The van der Waals surface area contributed by atoms with Gasteiger partial charge in [-0.2, -0.15) is 0 Å². The van der Waals surface area contributed by atoms with Crippen molar-refractivity contribution in [3.05, 3.63) is 48.0 Å². The molecule has 0 N–H and O–H groups in total. The molecule has 0 saturated carbocycles. The highest BCUT2D eigenvalue weighted by atomic mass is 14.2. The molecular formula is C20H28. The number of fused-ring (bicyclic) bond motifs is 1. The fourth-order valence-corrected chi connectivity index (χ4v) is 3.03. The van der Waals surface area contributed by atoms with Crippen molar-refractivity contribution in [2.45, 2.75) is 64.7 Å². The van der Waals surface area contributed by atoms with E-state index in [-0.39, 0.29) is 0 Å². The van der Waals surface area contributed by atoms with E-state index < -0.39 is 0 Å². The Labute approximate surface area is 124 Å². The second-order valence-electron chi connectivity index (χ2n) is 5.94. The third-order valence-corrected chi connectivity index (χ3v) is 4.31. The van der Waals surface area contributed by atoms with Gasteiger partial charge in [-0.3, -0.25) is 0 Å². The lowest BCUT2D eigenvalue weighted by Gasteiger charge is -2.18. The molecule has 0 nitrogen and oxygen atoms in total. The lowest BCUT2D eigenvalue weighted by molar-refractivity contribution is 0.515. The van der Waals surface area contributed by atoms with Crippen molar-refractivity contribution in [1.29, 1.82) is 0 Å². The smallest absolute Gasteiger partial charge is 0.0162 e. The summed E-state index contributed by atoms with van der Waals surface area (Å²) in [4.78, 5) is 0. The van der Waals surface area contributed by atoms with Crippen molar-refractivity contribution >= 4 is 10.8 Å². The first-order valence-corrected chi connectivity index (χ1v) is 8.33. The van der Waals surface area contributed by atoms with Crippen LogP contribution in [0.25, 0.3) is 10.8 Å². The number of unbranched alkanes of at least 4 members (excludes halogenated alkanes) is 3. The largest absolute Gasteiger partial charge is 0.0654 e. The standard InChI is InChI=1S/C20H28/c1-3-5-7-11-17(10-6-4-2)20-15-14-18-12-8-9-13-19(18)16-20/h8-9,12-17H,3-7,10-11H2,1-2H3. The molecule has 0 aromatic heterocycles. The van der Waals surface area contributed by atoms with E-state index in [0.717, 1.165) is 5.92 Å². The van der Waals surface area contributed by atoms with Crippen molar-refractivity contribution in [1.82, 2.24) is 0 Å².